The van der Waals surface area contributed by atoms with E-state index in [1.54, 1.807) is 6.07 Å². The van der Waals surface area contributed by atoms with Crippen molar-refractivity contribution in [2.45, 2.75) is 17.7 Å². The van der Waals surface area contributed by atoms with Crippen LogP contribution in [0.1, 0.15) is 26.9 Å². The van der Waals surface area contributed by atoms with Crippen LogP contribution in [0.25, 0.3) is 10.2 Å². The van der Waals surface area contributed by atoms with Crippen LogP contribution in [0.4, 0.5) is 0 Å². The number of benzene rings is 1. The summed E-state index contributed by atoms with van der Waals surface area (Å²) in [5.74, 6) is -1.04. The molecule has 26 heavy (non-hydrogen) atoms. The number of carbonyl (C=O) groups is 2. The van der Waals surface area contributed by atoms with E-state index >= 15 is 0 Å². The molecule has 0 saturated carbocycles. The van der Waals surface area contributed by atoms with Gasteiger partial charge in [0.1, 0.15) is 10.5 Å². The molecule has 0 unspecified atom stereocenters. The lowest BCUT2D eigenvalue weighted by Crippen LogP contribution is -2.37. The minimum atomic E-state index is -0.856. The van der Waals surface area contributed by atoms with Gasteiger partial charge in [-0.1, -0.05) is 35.9 Å². The first kappa shape index (κ1) is 17.5. The average Bonchev–Trinajstić information content (AvgIpc) is 3.23. The summed E-state index contributed by atoms with van der Waals surface area (Å²) >= 11 is 8.72. The number of rotatable bonds is 5. The largest absolute Gasteiger partial charge is 0.481 e. The first-order chi connectivity index (χ1) is 12.5. The second-order valence-electron chi connectivity index (χ2n) is 6.13. The van der Waals surface area contributed by atoms with Crippen LogP contribution in [-0.4, -0.2) is 33.8 Å². The molecule has 0 bridgehead atoms. The minimum absolute atomic E-state index is 0.00209. The zero-order valence-corrected chi connectivity index (χ0v) is 15.9. The molecule has 134 valence electrons. The normalized spacial score (nSPS) is 18.8. The van der Waals surface area contributed by atoms with Gasteiger partial charge in [-0.15, -0.1) is 23.1 Å². The van der Waals surface area contributed by atoms with E-state index in [0.29, 0.717) is 16.5 Å². The van der Waals surface area contributed by atoms with Crippen LogP contribution in [0, 0.1) is 0 Å². The number of carbonyl (C=O) groups excluding carboxylic acids is 1. The van der Waals surface area contributed by atoms with Crippen molar-refractivity contribution < 1.29 is 14.7 Å². The second-order valence-corrected chi connectivity index (χ2v) is 8.94. The highest BCUT2D eigenvalue weighted by Gasteiger charge is 2.34. The molecule has 5 nitrogen and oxygen atoms in total. The molecule has 1 aliphatic carbocycles. The Hall–Kier alpha value is -1.96. The number of H-pyrrole nitrogens is 1. The van der Waals surface area contributed by atoms with E-state index in [1.807, 2.05) is 30.3 Å². The zero-order chi connectivity index (χ0) is 18.3. The van der Waals surface area contributed by atoms with E-state index in [0.717, 1.165) is 21.3 Å². The average molecular weight is 407 g/mol. The van der Waals surface area contributed by atoms with Gasteiger partial charge in [-0.25, -0.2) is 0 Å². The number of thioether (sulfide) groups is 1. The minimum Gasteiger partial charge on any atom is -0.481 e. The van der Waals surface area contributed by atoms with Crippen LogP contribution in [0.5, 0.6) is 0 Å². The van der Waals surface area contributed by atoms with Crippen LogP contribution in [0.2, 0.25) is 4.34 Å². The Balaban J connectivity index is 1.54. The van der Waals surface area contributed by atoms with Crippen LogP contribution in [0.15, 0.2) is 36.4 Å². The molecule has 2 heterocycles. The highest BCUT2D eigenvalue weighted by molar-refractivity contribution is 8.00. The van der Waals surface area contributed by atoms with E-state index in [-0.39, 0.29) is 23.0 Å². The molecule has 0 radical (unpaired) electrons. The molecule has 1 aliphatic rings. The second kappa shape index (κ2) is 6.98. The monoisotopic (exact) mass is 406 g/mol. The van der Waals surface area contributed by atoms with Gasteiger partial charge >= 0.3 is 5.97 Å². The molecule has 8 heteroatoms. The third-order valence-corrected chi connectivity index (χ3v) is 6.94. The summed E-state index contributed by atoms with van der Waals surface area (Å²) in [5.41, 5.74) is 2.74. The third kappa shape index (κ3) is 3.34. The topological polar surface area (TPSA) is 82.2 Å². The number of hydrogen-bond acceptors (Lipinski definition) is 4. The number of hydrogen-bond donors (Lipinski definition) is 3. The third-order valence-electron chi connectivity index (χ3n) is 4.39. The van der Waals surface area contributed by atoms with Gasteiger partial charge in [0, 0.05) is 11.4 Å². The lowest BCUT2D eigenvalue weighted by Gasteiger charge is -2.20. The molecule has 0 fully saturated rings. The fourth-order valence-corrected chi connectivity index (χ4v) is 5.57. The summed E-state index contributed by atoms with van der Waals surface area (Å²) in [7, 11) is 0. The van der Waals surface area contributed by atoms with Crippen LogP contribution < -0.4 is 5.32 Å². The number of carboxylic acid groups (broad SMARTS) is 1. The predicted molar refractivity (Wildman–Crippen MR) is 105 cm³/mol. The summed E-state index contributed by atoms with van der Waals surface area (Å²) in [5, 5.41) is 12.9. The van der Waals surface area contributed by atoms with Crippen LogP contribution in [0.3, 0.4) is 0 Å². The van der Waals surface area contributed by atoms with Crippen molar-refractivity contribution in [1.29, 1.82) is 0 Å². The van der Waals surface area contributed by atoms with Gasteiger partial charge in [-0.3, -0.25) is 9.59 Å². The van der Waals surface area contributed by atoms with Gasteiger partial charge in [0.05, 0.1) is 15.3 Å². The van der Waals surface area contributed by atoms with Gasteiger partial charge in [0.25, 0.3) is 5.91 Å². The van der Waals surface area contributed by atoms with Crippen molar-refractivity contribution in [3.05, 3.63) is 57.6 Å². The highest BCUT2D eigenvalue weighted by Crippen LogP contribution is 2.41. The Morgan fingerprint density at radius 2 is 2.15 bits per heavy atom. The summed E-state index contributed by atoms with van der Waals surface area (Å²) in [4.78, 5) is 27.6. The number of aromatic amines is 1. The Bertz CT molecular complexity index is 966. The summed E-state index contributed by atoms with van der Waals surface area (Å²) < 4.78 is 0.676. The molecule has 3 N–H and O–H groups in total. The fourth-order valence-electron chi connectivity index (χ4n) is 3.31. The van der Waals surface area contributed by atoms with Gasteiger partial charge in [0.2, 0.25) is 0 Å². The van der Waals surface area contributed by atoms with Gasteiger partial charge in [-0.05, 0) is 29.7 Å². The van der Waals surface area contributed by atoms with Gasteiger partial charge in [0.15, 0.2) is 0 Å². The number of thiophene rings is 1. The Kier molecular flexibility index (Phi) is 4.69. The first-order valence-electron chi connectivity index (χ1n) is 8.01. The smallest absolute Gasteiger partial charge is 0.313 e. The van der Waals surface area contributed by atoms with Crippen molar-refractivity contribution in [2.75, 3.05) is 5.75 Å². The van der Waals surface area contributed by atoms with Gasteiger partial charge in [-0.2, -0.15) is 0 Å². The summed E-state index contributed by atoms with van der Waals surface area (Å²) in [6.07, 6.45) is 0.695. The van der Waals surface area contributed by atoms with Crippen molar-refractivity contribution in [3.63, 3.8) is 0 Å². The number of amides is 1. The number of carboxylic acids is 1. The highest BCUT2D eigenvalue weighted by atomic mass is 35.5. The molecule has 0 saturated heterocycles. The van der Waals surface area contributed by atoms with Crippen LogP contribution in [-0.2, 0) is 11.2 Å². The first-order valence-corrected chi connectivity index (χ1v) is 10.3. The number of halogens is 1. The summed E-state index contributed by atoms with van der Waals surface area (Å²) in [6.45, 7) is 0. The standard InChI is InChI=1S/C18H15ClN2O3S2/c19-14-7-10-6-13(21-18(10)26-14)17(24)20-12-5-9-3-1-2-4-11(9)16(12)25-8-15(22)23/h1-4,6-7,12,16,21H,5,8H2,(H,20,24)(H,22,23)/t12-,16-/m1/s1. The SMILES string of the molecule is O=C(O)CS[C@@H]1c2ccccc2C[C@H]1NC(=O)c1cc2cc(Cl)sc2[nH]1. The maximum Gasteiger partial charge on any atom is 0.313 e. The van der Waals surface area contributed by atoms with E-state index in [2.05, 4.69) is 10.3 Å². The van der Waals surface area contributed by atoms with Gasteiger partial charge < -0.3 is 15.4 Å². The molecule has 1 aromatic carbocycles. The molecular weight excluding hydrogens is 392 g/mol. The molecule has 0 spiro atoms. The van der Waals surface area contributed by atoms with E-state index in [1.165, 1.54) is 23.1 Å². The molecule has 2 atom stereocenters. The maximum atomic E-state index is 12.7. The van der Waals surface area contributed by atoms with Crippen LogP contribution >= 0.6 is 34.7 Å². The zero-order valence-electron chi connectivity index (χ0n) is 13.5. The maximum absolute atomic E-state index is 12.7. The van der Waals surface area contributed by atoms with Crippen molar-refractivity contribution in [1.82, 2.24) is 10.3 Å². The molecule has 4 rings (SSSR count). The number of aromatic nitrogens is 1. The number of nitrogens with one attached hydrogen (secondary N) is 2. The Morgan fingerprint density at radius 1 is 1.35 bits per heavy atom. The van der Waals surface area contributed by atoms with Crippen molar-refractivity contribution in [3.8, 4) is 0 Å². The van der Waals surface area contributed by atoms with E-state index in [9.17, 15) is 9.59 Å². The fraction of sp³-hybridized carbons (Fsp3) is 0.222. The molecule has 3 aromatic rings. The predicted octanol–water partition coefficient (Wildman–Crippen LogP) is 4.10. The number of fused-ring (bicyclic) bond motifs is 2. The lowest BCUT2D eigenvalue weighted by atomic mass is 10.1. The van der Waals surface area contributed by atoms with E-state index in [4.69, 9.17) is 16.7 Å². The summed E-state index contributed by atoms with van der Waals surface area (Å²) in [6, 6.07) is 11.4. The lowest BCUT2D eigenvalue weighted by molar-refractivity contribution is -0.133. The Morgan fingerprint density at radius 3 is 2.92 bits per heavy atom. The Labute approximate surface area is 162 Å². The number of aliphatic carboxylic acids is 1. The quantitative estimate of drug-likeness (QED) is 0.595. The molecule has 0 aliphatic heterocycles. The molecule has 2 aromatic heterocycles. The van der Waals surface area contributed by atoms with E-state index < -0.39 is 5.97 Å². The molecular formula is C18H15ClN2O3S2. The van der Waals surface area contributed by atoms with Crippen molar-refractivity contribution in [2.24, 2.45) is 0 Å². The molecule has 1 amide bonds. The van der Waals surface area contributed by atoms with Crippen molar-refractivity contribution >= 4 is 56.8 Å².